The Morgan fingerprint density at radius 2 is 2.44 bits per heavy atom. The van der Waals surface area contributed by atoms with Gasteiger partial charge < -0.3 is 5.32 Å². The summed E-state index contributed by atoms with van der Waals surface area (Å²) in [4.78, 5) is 0. The molecule has 9 heavy (non-hydrogen) atoms. The number of halogens is 3. The van der Waals surface area contributed by atoms with Gasteiger partial charge in [-0.15, -0.1) is 0 Å². The van der Waals surface area contributed by atoms with Crippen molar-refractivity contribution in [1.29, 1.82) is 0 Å². The summed E-state index contributed by atoms with van der Waals surface area (Å²) in [5.74, 6) is -0.362. The average molecular weight is 212 g/mol. The van der Waals surface area contributed by atoms with E-state index in [0.29, 0.717) is 16.1 Å². The van der Waals surface area contributed by atoms with E-state index in [9.17, 15) is 4.39 Å². The molecular formula is C5H4BrClFN. The van der Waals surface area contributed by atoms with E-state index in [1.54, 1.807) is 0 Å². The fraction of sp³-hybridized carbons (Fsp3) is 0.200. The zero-order valence-corrected chi connectivity index (χ0v) is 6.76. The molecule has 1 nitrogen and oxygen atoms in total. The van der Waals surface area contributed by atoms with Crippen molar-refractivity contribution in [3.05, 3.63) is 21.5 Å². The van der Waals surface area contributed by atoms with Crippen LogP contribution in [0.25, 0.3) is 0 Å². The first-order chi connectivity index (χ1) is 4.20. The van der Waals surface area contributed by atoms with Crippen LogP contribution in [0.2, 0.25) is 0 Å². The van der Waals surface area contributed by atoms with Gasteiger partial charge in [0, 0.05) is 5.03 Å². The number of rotatable bonds is 0. The lowest BCUT2D eigenvalue weighted by Crippen LogP contribution is -2.16. The first kappa shape index (κ1) is 7.09. The highest BCUT2D eigenvalue weighted by Crippen LogP contribution is 2.20. The second-order valence-electron chi connectivity index (χ2n) is 1.61. The first-order valence-corrected chi connectivity index (χ1v) is 3.52. The Morgan fingerprint density at radius 3 is 2.89 bits per heavy atom. The second kappa shape index (κ2) is 2.71. The van der Waals surface area contributed by atoms with Crippen molar-refractivity contribution in [2.45, 2.75) is 0 Å². The van der Waals surface area contributed by atoms with Crippen LogP contribution in [0.1, 0.15) is 0 Å². The van der Waals surface area contributed by atoms with Crippen LogP contribution in [0.4, 0.5) is 4.39 Å². The fourth-order valence-electron chi connectivity index (χ4n) is 0.498. The van der Waals surface area contributed by atoms with Gasteiger partial charge in [0.1, 0.15) is 0 Å². The molecule has 1 heterocycles. The van der Waals surface area contributed by atoms with Crippen molar-refractivity contribution in [2.24, 2.45) is 0 Å². The first-order valence-electron chi connectivity index (χ1n) is 2.35. The molecule has 1 aliphatic heterocycles. The lowest BCUT2D eigenvalue weighted by atomic mass is 10.4. The maximum Gasteiger partial charge on any atom is 0.201 e. The minimum Gasteiger partial charge on any atom is -0.356 e. The van der Waals surface area contributed by atoms with Crippen molar-refractivity contribution in [3.63, 3.8) is 0 Å². The summed E-state index contributed by atoms with van der Waals surface area (Å²) < 4.78 is 12.7. The fourth-order valence-corrected chi connectivity index (χ4v) is 1.22. The van der Waals surface area contributed by atoms with Gasteiger partial charge in [-0.1, -0.05) is 11.6 Å². The zero-order chi connectivity index (χ0) is 6.85. The average Bonchev–Trinajstić information content (AvgIpc) is 1.80. The largest absolute Gasteiger partial charge is 0.356 e. The summed E-state index contributed by atoms with van der Waals surface area (Å²) >= 11 is 8.52. The molecule has 0 bridgehead atoms. The van der Waals surface area contributed by atoms with E-state index >= 15 is 0 Å². The SMILES string of the molecule is FC1=C(Br)C=C(Cl)CN1. The molecule has 0 radical (unpaired) electrons. The molecular weight excluding hydrogens is 208 g/mol. The van der Waals surface area contributed by atoms with E-state index in [1.807, 2.05) is 0 Å². The van der Waals surface area contributed by atoms with Crippen LogP contribution in [0.3, 0.4) is 0 Å². The Kier molecular flexibility index (Phi) is 2.13. The number of hydrogen-bond donors (Lipinski definition) is 1. The third-order valence-electron chi connectivity index (χ3n) is 0.905. The third-order valence-corrected chi connectivity index (χ3v) is 1.73. The maximum atomic E-state index is 12.4. The highest BCUT2D eigenvalue weighted by Gasteiger charge is 2.07. The summed E-state index contributed by atoms with van der Waals surface area (Å²) in [6.45, 7) is 0.377. The van der Waals surface area contributed by atoms with Gasteiger partial charge in [0.25, 0.3) is 0 Å². The Labute approximate surface area is 65.7 Å². The van der Waals surface area contributed by atoms with E-state index in [4.69, 9.17) is 11.6 Å². The van der Waals surface area contributed by atoms with Crippen LogP contribution in [-0.2, 0) is 0 Å². The Hall–Kier alpha value is -0.0200. The van der Waals surface area contributed by atoms with E-state index in [-0.39, 0.29) is 5.95 Å². The molecule has 4 heteroatoms. The van der Waals surface area contributed by atoms with Gasteiger partial charge in [-0.3, -0.25) is 0 Å². The monoisotopic (exact) mass is 211 g/mol. The van der Waals surface area contributed by atoms with Gasteiger partial charge in [-0.25, -0.2) is 0 Å². The van der Waals surface area contributed by atoms with Crippen molar-refractivity contribution in [3.8, 4) is 0 Å². The standard InChI is InChI=1S/C5H4BrClFN/c6-4-1-3(7)2-9-5(4)8/h1,9H,2H2. The van der Waals surface area contributed by atoms with Gasteiger partial charge in [-0.2, -0.15) is 4.39 Å². The smallest absolute Gasteiger partial charge is 0.201 e. The van der Waals surface area contributed by atoms with Gasteiger partial charge in [0.15, 0.2) is 0 Å². The molecule has 0 amide bonds. The minimum atomic E-state index is -0.362. The Bertz CT molecular complexity index is 187. The van der Waals surface area contributed by atoms with Crippen molar-refractivity contribution < 1.29 is 4.39 Å². The van der Waals surface area contributed by atoms with Crippen LogP contribution in [0.15, 0.2) is 21.5 Å². The summed E-state index contributed by atoms with van der Waals surface area (Å²) in [6.07, 6.45) is 1.54. The summed E-state index contributed by atoms with van der Waals surface area (Å²) in [6, 6.07) is 0. The highest BCUT2D eigenvalue weighted by molar-refractivity contribution is 9.11. The van der Waals surface area contributed by atoms with E-state index in [0.717, 1.165) is 0 Å². The second-order valence-corrected chi connectivity index (χ2v) is 2.95. The number of hydrogen-bond acceptors (Lipinski definition) is 1. The van der Waals surface area contributed by atoms with Crippen molar-refractivity contribution in [2.75, 3.05) is 6.54 Å². The molecule has 0 atom stereocenters. The molecule has 0 saturated heterocycles. The molecule has 0 aromatic carbocycles. The van der Waals surface area contributed by atoms with Crippen LogP contribution in [-0.4, -0.2) is 6.54 Å². The molecule has 0 aromatic rings. The maximum absolute atomic E-state index is 12.4. The molecule has 0 aliphatic carbocycles. The van der Waals surface area contributed by atoms with Crippen LogP contribution >= 0.6 is 27.5 Å². The molecule has 0 unspecified atom stereocenters. The predicted molar refractivity (Wildman–Crippen MR) is 39.0 cm³/mol. The number of nitrogens with one attached hydrogen (secondary N) is 1. The third kappa shape index (κ3) is 1.69. The lowest BCUT2D eigenvalue weighted by Gasteiger charge is -2.08. The summed E-state index contributed by atoms with van der Waals surface area (Å²) in [7, 11) is 0. The molecule has 0 spiro atoms. The number of dihydropyridines is 1. The van der Waals surface area contributed by atoms with E-state index < -0.39 is 0 Å². The molecule has 1 rings (SSSR count). The quantitative estimate of drug-likeness (QED) is 0.607. The van der Waals surface area contributed by atoms with Crippen molar-refractivity contribution >= 4 is 27.5 Å². The number of allylic oxidation sites excluding steroid dienone is 2. The van der Waals surface area contributed by atoms with Gasteiger partial charge in [0.2, 0.25) is 5.95 Å². The zero-order valence-electron chi connectivity index (χ0n) is 4.42. The molecule has 0 fully saturated rings. The molecule has 1 N–H and O–H groups in total. The Morgan fingerprint density at radius 1 is 1.78 bits per heavy atom. The van der Waals surface area contributed by atoms with Crippen molar-refractivity contribution in [1.82, 2.24) is 5.32 Å². The summed E-state index contributed by atoms with van der Waals surface area (Å²) in [5.41, 5.74) is 0. The molecule has 50 valence electrons. The Balaban J connectivity index is 2.83. The van der Waals surface area contributed by atoms with Gasteiger partial charge >= 0.3 is 0 Å². The van der Waals surface area contributed by atoms with E-state index in [1.165, 1.54) is 6.08 Å². The van der Waals surface area contributed by atoms with Crippen LogP contribution in [0.5, 0.6) is 0 Å². The topological polar surface area (TPSA) is 12.0 Å². The van der Waals surface area contributed by atoms with Gasteiger partial charge in [0.05, 0.1) is 11.0 Å². The molecule has 0 aromatic heterocycles. The minimum absolute atomic E-state index is 0.362. The summed E-state index contributed by atoms with van der Waals surface area (Å²) in [5, 5.41) is 3.05. The van der Waals surface area contributed by atoms with Crippen LogP contribution in [0, 0.1) is 0 Å². The highest BCUT2D eigenvalue weighted by atomic mass is 79.9. The predicted octanol–water partition coefficient (Wildman–Crippen LogP) is 2.25. The molecule has 0 saturated carbocycles. The van der Waals surface area contributed by atoms with Gasteiger partial charge in [-0.05, 0) is 22.0 Å². The van der Waals surface area contributed by atoms with E-state index in [2.05, 4.69) is 21.2 Å². The molecule has 1 aliphatic rings. The van der Waals surface area contributed by atoms with Crippen LogP contribution < -0.4 is 5.32 Å². The normalized spacial score (nSPS) is 19.2. The lowest BCUT2D eigenvalue weighted by molar-refractivity contribution is 0.552.